The number of nitrogens with zero attached hydrogens (tertiary/aromatic N) is 1. The Morgan fingerprint density at radius 2 is 1.80 bits per heavy atom. The Kier molecular flexibility index (Phi) is 8.16. The summed E-state index contributed by atoms with van der Waals surface area (Å²) in [6.07, 6.45) is 0.800. The summed E-state index contributed by atoms with van der Waals surface area (Å²) in [4.78, 5) is 26.6. The van der Waals surface area contributed by atoms with Crippen LogP contribution in [0.2, 0.25) is 0 Å². The van der Waals surface area contributed by atoms with Crippen molar-refractivity contribution in [2.75, 3.05) is 19.6 Å². The van der Waals surface area contributed by atoms with Crippen LogP contribution in [0.25, 0.3) is 0 Å². The highest BCUT2D eigenvalue weighted by Crippen LogP contribution is 2.29. The topological polar surface area (TPSA) is 67.9 Å². The molecule has 2 amide bonds. The van der Waals surface area contributed by atoms with Gasteiger partial charge in [0.1, 0.15) is 11.4 Å². The van der Waals surface area contributed by atoms with Gasteiger partial charge in [-0.2, -0.15) is 0 Å². The van der Waals surface area contributed by atoms with Crippen LogP contribution in [0.3, 0.4) is 0 Å². The fourth-order valence-electron chi connectivity index (χ4n) is 3.62. The molecule has 0 bridgehead atoms. The maximum Gasteiger partial charge on any atom is 0.407 e. The number of hydrogen-bond acceptors (Lipinski definition) is 4. The summed E-state index contributed by atoms with van der Waals surface area (Å²) >= 11 is 0. The number of piperidine rings is 1. The van der Waals surface area contributed by atoms with Gasteiger partial charge in [-0.15, -0.1) is 0 Å². The van der Waals surface area contributed by atoms with Crippen LogP contribution in [0.4, 0.5) is 4.79 Å². The van der Waals surface area contributed by atoms with Gasteiger partial charge in [0.15, 0.2) is 6.10 Å². The van der Waals surface area contributed by atoms with E-state index in [0.717, 1.165) is 29.7 Å². The molecule has 1 N–H and O–H groups in total. The van der Waals surface area contributed by atoms with Crippen molar-refractivity contribution in [3.05, 3.63) is 29.3 Å². The Morgan fingerprint density at radius 1 is 1.17 bits per heavy atom. The largest absolute Gasteiger partial charge is 0.481 e. The van der Waals surface area contributed by atoms with E-state index in [-0.39, 0.29) is 12.0 Å². The summed E-state index contributed by atoms with van der Waals surface area (Å²) in [6, 6.07) is 6.16. The molecule has 1 aliphatic heterocycles. The number of hydrogen-bond donors (Lipinski definition) is 1. The average Bonchev–Trinajstić information content (AvgIpc) is 2.64. The summed E-state index contributed by atoms with van der Waals surface area (Å²) in [5, 5.41) is 2.84. The van der Waals surface area contributed by atoms with Crippen molar-refractivity contribution in [2.24, 2.45) is 5.92 Å². The highest BCUT2D eigenvalue weighted by molar-refractivity contribution is 5.81. The first-order valence-electron chi connectivity index (χ1n) is 11.0. The number of alkyl carbamates (subject to hydrolysis) is 1. The number of aryl methyl sites for hydroxylation is 1. The molecule has 1 saturated heterocycles. The van der Waals surface area contributed by atoms with E-state index in [4.69, 9.17) is 9.47 Å². The molecule has 0 aromatic heterocycles. The molecule has 6 heteroatoms. The zero-order valence-electron chi connectivity index (χ0n) is 19.6. The molecule has 1 heterocycles. The van der Waals surface area contributed by atoms with Crippen molar-refractivity contribution < 1.29 is 19.1 Å². The number of carbonyl (C=O) groups excluding carboxylic acids is 2. The second kappa shape index (κ2) is 10.2. The predicted molar refractivity (Wildman–Crippen MR) is 119 cm³/mol. The number of likely N-dealkylation sites (tertiary alicyclic amines) is 1. The summed E-state index contributed by atoms with van der Waals surface area (Å²) in [6.45, 7) is 15.6. The number of benzene rings is 1. The first-order valence-corrected chi connectivity index (χ1v) is 11.0. The molecule has 6 nitrogen and oxygen atoms in total. The van der Waals surface area contributed by atoms with Crippen LogP contribution >= 0.6 is 0 Å². The molecule has 2 rings (SSSR count). The van der Waals surface area contributed by atoms with Crippen LogP contribution in [0, 0.1) is 12.8 Å². The molecule has 0 spiro atoms. The third kappa shape index (κ3) is 7.22. The van der Waals surface area contributed by atoms with Gasteiger partial charge >= 0.3 is 6.09 Å². The third-order valence-electron chi connectivity index (χ3n) is 5.30. The van der Waals surface area contributed by atoms with E-state index in [0.29, 0.717) is 31.5 Å². The fraction of sp³-hybridized carbons (Fsp3) is 0.667. The van der Waals surface area contributed by atoms with Gasteiger partial charge in [0.2, 0.25) is 0 Å². The lowest BCUT2D eigenvalue weighted by Crippen LogP contribution is -2.46. The molecular weight excluding hydrogens is 380 g/mol. The number of rotatable bonds is 6. The summed E-state index contributed by atoms with van der Waals surface area (Å²) in [5.41, 5.74) is 1.74. The van der Waals surface area contributed by atoms with E-state index >= 15 is 0 Å². The van der Waals surface area contributed by atoms with Gasteiger partial charge in [-0.3, -0.25) is 4.79 Å². The van der Waals surface area contributed by atoms with Gasteiger partial charge in [-0.05, 0) is 76.5 Å². The molecule has 30 heavy (non-hydrogen) atoms. The molecule has 1 aromatic rings. The van der Waals surface area contributed by atoms with Crippen molar-refractivity contribution in [1.82, 2.24) is 10.2 Å². The van der Waals surface area contributed by atoms with E-state index in [1.54, 1.807) is 0 Å². The van der Waals surface area contributed by atoms with Crippen LogP contribution in [0.5, 0.6) is 5.75 Å². The molecule has 1 aliphatic rings. The summed E-state index contributed by atoms with van der Waals surface area (Å²) in [7, 11) is 0. The second-order valence-electron chi connectivity index (χ2n) is 9.61. The summed E-state index contributed by atoms with van der Waals surface area (Å²) < 4.78 is 11.4. The Hall–Kier alpha value is -2.24. The third-order valence-corrected chi connectivity index (χ3v) is 5.30. The minimum atomic E-state index is -0.527. The van der Waals surface area contributed by atoms with E-state index < -0.39 is 11.7 Å². The average molecular weight is 419 g/mol. The number of amides is 2. The molecule has 0 aliphatic carbocycles. The van der Waals surface area contributed by atoms with Crippen LogP contribution in [-0.4, -0.2) is 48.2 Å². The van der Waals surface area contributed by atoms with Gasteiger partial charge < -0.3 is 19.7 Å². The Balaban J connectivity index is 1.84. The molecule has 1 unspecified atom stereocenters. The van der Waals surface area contributed by atoms with E-state index in [1.165, 1.54) is 0 Å². The molecular formula is C24H38N2O4. The van der Waals surface area contributed by atoms with Crippen LogP contribution in [0.1, 0.15) is 71.4 Å². The normalized spacial score (nSPS) is 16.3. The van der Waals surface area contributed by atoms with Crippen molar-refractivity contribution in [3.63, 3.8) is 0 Å². The van der Waals surface area contributed by atoms with Crippen LogP contribution in [0.15, 0.2) is 18.2 Å². The Labute approximate surface area is 181 Å². The Bertz CT molecular complexity index is 731. The van der Waals surface area contributed by atoms with Crippen molar-refractivity contribution in [1.29, 1.82) is 0 Å². The van der Waals surface area contributed by atoms with Gasteiger partial charge in [0.05, 0.1) is 0 Å². The van der Waals surface area contributed by atoms with Gasteiger partial charge in [0.25, 0.3) is 5.91 Å². The lowest BCUT2D eigenvalue weighted by molar-refractivity contribution is -0.139. The first kappa shape index (κ1) is 24.0. The van der Waals surface area contributed by atoms with Gasteiger partial charge in [0, 0.05) is 19.6 Å². The molecule has 0 saturated carbocycles. The zero-order chi connectivity index (χ0) is 22.5. The predicted octanol–water partition coefficient (Wildman–Crippen LogP) is 4.65. The number of ether oxygens (including phenoxy) is 2. The molecule has 1 atom stereocenters. The number of nitrogens with one attached hydrogen (secondary N) is 1. The minimum absolute atomic E-state index is 0.0183. The van der Waals surface area contributed by atoms with Gasteiger partial charge in [-0.1, -0.05) is 26.0 Å². The highest BCUT2D eigenvalue weighted by atomic mass is 16.6. The second-order valence-corrected chi connectivity index (χ2v) is 9.61. The Morgan fingerprint density at radius 3 is 2.37 bits per heavy atom. The maximum absolute atomic E-state index is 12.9. The molecule has 1 aromatic carbocycles. The van der Waals surface area contributed by atoms with Crippen molar-refractivity contribution in [2.45, 2.75) is 78.9 Å². The lowest BCUT2D eigenvalue weighted by Gasteiger charge is -2.34. The minimum Gasteiger partial charge on any atom is -0.481 e. The highest BCUT2D eigenvalue weighted by Gasteiger charge is 2.28. The number of carbonyl (C=O) groups is 2. The van der Waals surface area contributed by atoms with E-state index in [9.17, 15) is 9.59 Å². The lowest BCUT2D eigenvalue weighted by atomic mass is 9.96. The monoisotopic (exact) mass is 418 g/mol. The molecule has 168 valence electrons. The first-order chi connectivity index (χ1) is 14.0. The zero-order valence-corrected chi connectivity index (χ0v) is 19.6. The van der Waals surface area contributed by atoms with Crippen LogP contribution in [-0.2, 0) is 9.53 Å². The van der Waals surface area contributed by atoms with Crippen LogP contribution < -0.4 is 10.1 Å². The fourth-order valence-corrected chi connectivity index (χ4v) is 3.62. The van der Waals surface area contributed by atoms with E-state index in [2.05, 4.69) is 31.3 Å². The van der Waals surface area contributed by atoms with Gasteiger partial charge in [-0.25, -0.2) is 4.79 Å². The van der Waals surface area contributed by atoms with E-state index in [1.807, 2.05) is 45.6 Å². The molecule has 0 radical (unpaired) electrons. The maximum atomic E-state index is 12.9. The molecule has 1 fully saturated rings. The SMILES string of the molecule is Cc1ccc(C(C)C)c(OC(C)C(=O)N2CCC(CNC(=O)OC(C)(C)C)CC2)c1. The van der Waals surface area contributed by atoms with Crippen molar-refractivity contribution >= 4 is 12.0 Å². The summed E-state index contributed by atoms with van der Waals surface area (Å²) in [5.74, 6) is 1.49. The standard InChI is InChI=1S/C24H38N2O4/c1-16(2)20-9-8-17(3)14-21(20)29-18(4)22(27)26-12-10-19(11-13-26)15-25-23(28)30-24(5,6)7/h8-9,14,16,18-19H,10-13,15H2,1-7H3,(H,25,28). The van der Waals surface area contributed by atoms with Crippen molar-refractivity contribution in [3.8, 4) is 5.75 Å². The quantitative estimate of drug-likeness (QED) is 0.730. The smallest absolute Gasteiger partial charge is 0.407 e.